The molecule has 6 heteroatoms. The fourth-order valence-corrected chi connectivity index (χ4v) is 4.45. The highest BCUT2D eigenvalue weighted by molar-refractivity contribution is 6.13. The number of benzene rings is 2. The summed E-state index contributed by atoms with van der Waals surface area (Å²) in [5, 5.41) is 13.0. The van der Waals surface area contributed by atoms with Crippen LogP contribution in [0.5, 0.6) is 0 Å². The summed E-state index contributed by atoms with van der Waals surface area (Å²) in [5.41, 5.74) is 2.84. The summed E-state index contributed by atoms with van der Waals surface area (Å²) >= 11 is 0. The highest BCUT2D eigenvalue weighted by atomic mass is 16.3. The Labute approximate surface area is 174 Å². The molecule has 0 bridgehead atoms. The quantitative estimate of drug-likeness (QED) is 0.508. The maximum atomic E-state index is 11.9. The van der Waals surface area contributed by atoms with Gasteiger partial charge in [0.25, 0.3) is 0 Å². The lowest BCUT2D eigenvalue weighted by molar-refractivity contribution is 0.0165. The molecule has 3 heterocycles. The number of piperidine rings is 1. The summed E-state index contributed by atoms with van der Waals surface area (Å²) < 4.78 is 0. The van der Waals surface area contributed by atoms with Gasteiger partial charge in [-0.1, -0.05) is 30.3 Å². The lowest BCUT2D eigenvalue weighted by atomic mass is 9.85. The third-order valence-corrected chi connectivity index (χ3v) is 6.15. The smallest absolute Gasteiger partial charge is 0.159 e. The third-order valence-electron chi connectivity index (χ3n) is 6.15. The molecular weight excluding hydrogens is 376 g/mol. The van der Waals surface area contributed by atoms with Crippen LogP contribution in [0.1, 0.15) is 35.7 Å². The van der Waals surface area contributed by atoms with Crippen molar-refractivity contribution < 1.29 is 9.90 Å². The van der Waals surface area contributed by atoms with E-state index in [0.717, 1.165) is 33.3 Å². The average molecular weight is 400 g/mol. The first-order valence-corrected chi connectivity index (χ1v) is 10.3. The molecule has 0 unspecified atom stereocenters. The van der Waals surface area contributed by atoms with Crippen LogP contribution in [-0.2, 0) is 6.42 Å². The van der Waals surface area contributed by atoms with Crippen LogP contribution in [0.15, 0.2) is 54.9 Å². The maximum Gasteiger partial charge on any atom is 0.159 e. The van der Waals surface area contributed by atoms with Gasteiger partial charge in [-0.2, -0.15) is 0 Å². The van der Waals surface area contributed by atoms with Gasteiger partial charge in [0, 0.05) is 36.0 Å². The molecule has 0 atom stereocenters. The number of carbonyl (C=O) groups excluding carboxylic acids is 1. The van der Waals surface area contributed by atoms with Crippen LogP contribution in [0.2, 0.25) is 0 Å². The number of carbonyl (C=O) groups is 1. The number of ketones is 1. The van der Waals surface area contributed by atoms with Crippen LogP contribution < -0.4 is 4.90 Å². The predicted molar refractivity (Wildman–Crippen MR) is 118 cm³/mol. The topological polar surface area (TPSA) is 82.1 Å². The first-order chi connectivity index (χ1) is 14.5. The second kappa shape index (κ2) is 7.22. The number of H-pyrrole nitrogens is 1. The molecule has 0 aliphatic carbocycles. The Kier molecular flexibility index (Phi) is 4.51. The molecule has 5 rings (SSSR count). The van der Waals surface area contributed by atoms with E-state index < -0.39 is 5.60 Å². The van der Waals surface area contributed by atoms with Gasteiger partial charge in [0.05, 0.1) is 11.0 Å². The van der Waals surface area contributed by atoms with Crippen LogP contribution in [0.25, 0.3) is 21.9 Å². The lowest BCUT2D eigenvalue weighted by Gasteiger charge is -2.39. The zero-order valence-electron chi connectivity index (χ0n) is 16.9. The summed E-state index contributed by atoms with van der Waals surface area (Å²) in [4.78, 5) is 26.4. The van der Waals surface area contributed by atoms with Crippen molar-refractivity contribution in [3.63, 3.8) is 0 Å². The second-order valence-corrected chi connectivity index (χ2v) is 8.24. The zero-order valence-corrected chi connectivity index (χ0v) is 16.9. The van der Waals surface area contributed by atoms with E-state index in [0.29, 0.717) is 37.9 Å². The van der Waals surface area contributed by atoms with E-state index in [2.05, 4.69) is 32.0 Å². The van der Waals surface area contributed by atoms with E-state index in [1.807, 2.05) is 36.4 Å². The number of rotatable bonds is 4. The first-order valence-electron chi connectivity index (χ1n) is 10.3. The Hall–Kier alpha value is -3.25. The van der Waals surface area contributed by atoms with Crippen molar-refractivity contribution in [3.05, 3.63) is 66.0 Å². The van der Waals surface area contributed by atoms with Gasteiger partial charge in [-0.15, -0.1) is 0 Å². The number of hydrogen-bond acceptors (Lipinski definition) is 5. The van der Waals surface area contributed by atoms with Gasteiger partial charge in [0.1, 0.15) is 17.8 Å². The van der Waals surface area contributed by atoms with Crippen molar-refractivity contribution in [1.29, 1.82) is 0 Å². The molecule has 2 aromatic heterocycles. The van der Waals surface area contributed by atoms with Crippen molar-refractivity contribution in [2.24, 2.45) is 0 Å². The Balaban J connectivity index is 1.46. The summed E-state index contributed by atoms with van der Waals surface area (Å²) in [6.45, 7) is 3.01. The molecule has 0 amide bonds. The molecule has 2 N–H and O–H groups in total. The minimum Gasteiger partial charge on any atom is -0.389 e. The summed E-state index contributed by atoms with van der Waals surface area (Å²) in [5.74, 6) is 0.891. The minimum absolute atomic E-state index is 0.0357. The molecule has 4 aromatic rings. The average Bonchev–Trinajstić information content (AvgIpc) is 3.13. The Morgan fingerprint density at radius 3 is 2.63 bits per heavy atom. The molecular formula is C24H24N4O2. The highest BCUT2D eigenvalue weighted by Gasteiger charge is 2.33. The van der Waals surface area contributed by atoms with Crippen molar-refractivity contribution in [2.45, 2.75) is 31.8 Å². The molecule has 2 aromatic carbocycles. The summed E-state index contributed by atoms with van der Waals surface area (Å²) in [6.07, 6.45) is 3.59. The van der Waals surface area contributed by atoms with Crippen LogP contribution >= 0.6 is 0 Å². The van der Waals surface area contributed by atoms with E-state index in [-0.39, 0.29) is 5.78 Å². The standard InChI is InChI=1S/C24H24N4O2/c1-16(29)18-7-8-20-19(13-18)21-22(27-20)25-15-26-23(21)28-11-9-24(30,10-12-28)14-17-5-3-2-4-6-17/h2-8,13,15,30H,9-12,14H2,1H3,(H,25,26,27). The molecule has 30 heavy (non-hydrogen) atoms. The van der Waals surface area contributed by atoms with Crippen LogP contribution in [0, 0.1) is 0 Å². The van der Waals surface area contributed by atoms with Crippen molar-refractivity contribution in [2.75, 3.05) is 18.0 Å². The molecule has 6 nitrogen and oxygen atoms in total. The van der Waals surface area contributed by atoms with E-state index in [1.54, 1.807) is 13.3 Å². The normalized spacial score (nSPS) is 16.3. The van der Waals surface area contributed by atoms with Gasteiger partial charge < -0.3 is 15.0 Å². The van der Waals surface area contributed by atoms with Gasteiger partial charge in [0.15, 0.2) is 5.78 Å². The van der Waals surface area contributed by atoms with Crippen molar-refractivity contribution >= 4 is 33.5 Å². The number of fused-ring (bicyclic) bond motifs is 3. The number of aliphatic hydroxyl groups is 1. The Morgan fingerprint density at radius 2 is 1.90 bits per heavy atom. The maximum absolute atomic E-state index is 11.9. The van der Waals surface area contributed by atoms with Gasteiger partial charge in [0.2, 0.25) is 0 Å². The number of nitrogens with one attached hydrogen (secondary N) is 1. The van der Waals surface area contributed by atoms with Gasteiger partial charge in [-0.05, 0) is 43.5 Å². The predicted octanol–water partition coefficient (Wildman–Crippen LogP) is 3.89. The summed E-state index contributed by atoms with van der Waals surface area (Å²) in [7, 11) is 0. The zero-order chi connectivity index (χ0) is 20.7. The number of anilines is 1. The van der Waals surface area contributed by atoms with Gasteiger partial charge >= 0.3 is 0 Å². The van der Waals surface area contributed by atoms with E-state index >= 15 is 0 Å². The fourth-order valence-electron chi connectivity index (χ4n) is 4.45. The molecule has 152 valence electrons. The third kappa shape index (κ3) is 3.33. The van der Waals surface area contributed by atoms with Gasteiger partial charge in [-0.3, -0.25) is 4.79 Å². The number of aromatic amines is 1. The van der Waals surface area contributed by atoms with Crippen LogP contribution in [0.3, 0.4) is 0 Å². The van der Waals surface area contributed by atoms with Crippen molar-refractivity contribution in [1.82, 2.24) is 15.0 Å². The molecule has 1 fully saturated rings. The van der Waals surface area contributed by atoms with E-state index in [4.69, 9.17) is 0 Å². The first kappa shape index (κ1) is 18.8. The SMILES string of the molecule is CC(=O)c1ccc2[nH]c3ncnc(N4CCC(O)(Cc5ccccc5)CC4)c3c2c1. The van der Waals surface area contributed by atoms with Crippen molar-refractivity contribution in [3.8, 4) is 0 Å². The number of hydrogen-bond donors (Lipinski definition) is 2. The number of Topliss-reactive ketones (excluding diaryl/α,β-unsaturated/α-hetero) is 1. The Morgan fingerprint density at radius 1 is 1.13 bits per heavy atom. The largest absolute Gasteiger partial charge is 0.389 e. The van der Waals surface area contributed by atoms with Crippen LogP contribution in [0.4, 0.5) is 5.82 Å². The molecule has 1 saturated heterocycles. The number of nitrogens with zero attached hydrogens (tertiary/aromatic N) is 3. The highest BCUT2D eigenvalue weighted by Crippen LogP contribution is 2.35. The Bertz CT molecular complexity index is 1220. The second-order valence-electron chi connectivity index (χ2n) is 8.24. The monoisotopic (exact) mass is 400 g/mol. The molecule has 1 aliphatic heterocycles. The van der Waals surface area contributed by atoms with E-state index in [1.165, 1.54) is 0 Å². The minimum atomic E-state index is -0.702. The lowest BCUT2D eigenvalue weighted by Crippen LogP contribution is -2.46. The number of aromatic nitrogens is 3. The van der Waals surface area contributed by atoms with Gasteiger partial charge in [-0.25, -0.2) is 9.97 Å². The molecule has 1 aliphatic rings. The van der Waals surface area contributed by atoms with E-state index in [9.17, 15) is 9.90 Å². The summed E-state index contributed by atoms with van der Waals surface area (Å²) in [6, 6.07) is 15.8. The molecule has 0 spiro atoms. The molecule has 0 radical (unpaired) electrons. The fraction of sp³-hybridized carbons (Fsp3) is 0.292. The van der Waals surface area contributed by atoms with Crippen LogP contribution in [-0.4, -0.2) is 44.5 Å². The molecule has 0 saturated carbocycles.